The summed E-state index contributed by atoms with van der Waals surface area (Å²) in [6.07, 6.45) is 4.58. The van der Waals surface area contributed by atoms with Crippen LogP contribution in [0.3, 0.4) is 0 Å². The molecule has 3 rings (SSSR count). The van der Waals surface area contributed by atoms with Crippen LogP contribution in [0.5, 0.6) is 0 Å². The van der Waals surface area contributed by atoms with Crippen LogP contribution >= 0.6 is 11.6 Å². The lowest BCUT2D eigenvalue weighted by atomic mass is 10.0. The minimum absolute atomic E-state index is 0.408. The Morgan fingerprint density at radius 1 is 1.17 bits per heavy atom. The molecule has 2 aromatic rings. The first-order valence-electron chi connectivity index (χ1n) is 6.05. The molecule has 0 aliphatic carbocycles. The van der Waals surface area contributed by atoms with Gasteiger partial charge >= 0.3 is 0 Å². The van der Waals surface area contributed by atoms with E-state index in [0.29, 0.717) is 5.88 Å². The van der Waals surface area contributed by atoms with E-state index in [0.717, 1.165) is 31.0 Å². The molecule has 0 radical (unpaired) electrons. The molecule has 0 unspecified atom stereocenters. The third kappa shape index (κ3) is 2.18. The summed E-state index contributed by atoms with van der Waals surface area (Å²) in [5.74, 6) is 1.33. The summed E-state index contributed by atoms with van der Waals surface area (Å²) >= 11 is 5.80. The second-order valence-corrected chi connectivity index (χ2v) is 4.71. The minimum atomic E-state index is 0.408. The van der Waals surface area contributed by atoms with Crippen molar-refractivity contribution in [1.29, 1.82) is 0 Å². The Bertz CT molecular complexity index is 556. The molecule has 1 aliphatic rings. The molecule has 4 heteroatoms. The topological polar surface area (TPSA) is 29.0 Å². The van der Waals surface area contributed by atoms with E-state index in [2.05, 4.69) is 39.1 Å². The number of alkyl halides is 1. The van der Waals surface area contributed by atoms with E-state index in [9.17, 15) is 0 Å². The number of rotatable bonds is 2. The van der Waals surface area contributed by atoms with E-state index in [1.165, 1.54) is 11.1 Å². The summed E-state index contributed by atoms with van der Waals surface area (Å²) in [6.45, 7) is 1.88. The van der Waals surface area contributed by atoms with Crippen LogP contribution < -0.4 is 4.90 Å². The molecule has 0 saturated heterocycles. The van der Waals surface area contributed by atoms with Gasteiger partial charge in [0.1, 0.15) is 5.82 Å². The number of hydrogen-bond acceptors (Lipinski definition) is 3. The fourth-order valence-corrected chi connectivity index (χ4v) is 2.43. The first kappa shape index (κ1) is 11.5. The molecule has 2 heterocycles. The van der Waals surface area contributed by atoms with Crippen LogP contribution in [0.15, 0.2) is 36.7 Å². The van der Waals surface area contributed by atoms with Gasteiger partial charge in [0.25, 0.3) is 0 Å². The van der Waals surface area contributed by atoms with Gasteiger partial charge in [-0.05, 0) is 17.5 Å². The molecular weight excluding hydrogens is 246 g/mol. The van der Waals surface area contributed by atoms with Gasteiger partial charge in [-0.2, -0.15) is 0 Å². The molecule has 1 aliphatic heterocycles. The van der Waals surface area contributed by atoms with E-state index >= 15 is 0 Å². The Kier molecular flexibility index (Phi) is 3.15. The van der Waals surface area contributed by atoms with Crippen molar-refractivity contribution in [1.82, 2.24) is 9.97 Å². The summed E-state index contributed by atoms with van der Waals surface area (Å²) in [6, 6.07) is 8.57. The van der Waals surface area contributed by atoms with Crippen molar-refractivity contribution in [3.05, 3.63) is 53.5 Å². The maximum atomic E-state index is 5.80. The molecular formula is C14H14ClN3. The fraction of sp³-hybridized carbons (Fsp3) is 0.286. The number of benzene rings is 1. The lowest BCUT2D eigenvalue weighted by Gasteiger charge is -2.29. The van der Waals surface area contributed by atoms with E-state index in [1.807, 2.05) is 6.20 Å². The molecule has 0 fully saturated rings. The van der Waals surface area contributed by atoms with Gasteiger partial charge in [0.15, 0.2) is 0 Å². The first-order valence-corrected chi connectivity index (χ1v) is 6.59. The Balaban J connectivity index is 1.87. The van der Waals surface area contributed by atoms with E-state index in [1.54, 1.807) is 6.20 Å². The quantitative estimate of drug-likeness (QED) is 0.777. The van der Waals surface area contributed by atoms with Crippen LogP contribution in [-0.2, 0) is 18.8 Å². The first-order chi connectivity index (χ1) is 8.86. The normalized spacial score (nSPS) is 14.4. The van der Waals surface area contributed by atoms with E-state index in [4.69, 9.17) is 11.6 Å². The summed E-state index contributed by atoms with van der Waals surface area (Å²) < 4.78 is 0. The van der Waals surface area contributed by atoms with Gasteiger partial charge < -0.3 is 4.90 Å². The van der Waals surface area contributed by atoms with Gasteiger partial charge in [-0.15, -0.1) is 11.6 Å². The smallest absolute Gasteiger partial charge is 0.147 e. The predicted octanol–water partition coefficient (Wildman–Crippen LogP) is 2.78. The van der Waals surface area contributed by atoms with E-state index < -0.39 is 0 Å². The van der Waals surface area contributed by atoms with Crippen molar-refractivity contribution in [2.24, 2.45) is 0 Å². The highest BCUT2D eigenvalue weighted by Crippen LogP contribution is 2.22. The van der Waals surface area contributed by atoms with Crippen molar-refractivity contribution < 1.29 is 0 Å². The third-order valence-corrected chi connectivity index (χ3v) is 3.54. The zero-order valence-electron chi connectivity index (χ0n) is 10.0. The minimum Gasteiger partial charge on any atom is -0.351 e. The second-order valence-electron chi connectivity index (χ2n) is 4.44. The number of halogens is 1. The van der Waals surface area contributed by atoms with Crippen LogP contribution in [0.4, 0.5) is 5.82 Å². The molecule has 1 aromatic carbocycles. The highest BCUT2D eigenvalue weighted by molar-refractivity contribution is 6.16. The summed E-state index contributed by atoms with van der Waals surface area (Å²) in [5, 5.41) is 0. The average molecular weight is 260 g/mol. The monoisotopic (exact) mass is 259 g/mol. The van der Waals surface area contributed by atoms with Crippen molar-refractivity contribution >= 4 is 17.4 Å². The molecule has 0 spiro atoms. The fourth-order valence-electron chi connectivity index (χ4n) is 2.30. The Morgan fingerprint density at radius 2 is 2.00 bits per heavy atom. The van der Waals surface area contributed by atoms with Gasteiger partial charge in [0.2, 0.25) is 0 Å². The van der Waals surface area contributed by atoms with Gasteiger partial charge in [-0.1, -0.05) is 24.3 Å². The van der Waals surface area contributed by atoms with Gasteiger partial charge in [0, 0.05) is 19.3 Å². The Labute approximate surface area is 111 Å². The van der Waals surface area contributed by atoms with Crippen molar-refractivity contribution in [3.63, 3.8) is 0 Å². The number of aromatic nitrogens is 2. The van der Waals surface area contributed by atoms with Gasteiger partial charge in [-0.25, -0.2) is 4.98 Å². The molecule has 0 saturated carbocycles. The molecule has 1 aromatic heterocycles. The average Bonchev–Trinajstić information content (AvgIpc) is 2.47. The molecule has 0 N–H and O–H groups in total. The predicted molar refractivity (Wildman–Crippen MR) is 72.8 cm³/mol. The molecule has 3 nitrogen and oxygen atoms in total. The third-order valence-electron chi connectivity index (χ3n) is 3.26. The van der Waals surface area contributed by atoms with E-state index in [-0.39, 0.29) is 0 Å². The molecule has 0 amide bonds. The lowest BCUT2D eigenvalue weighted by molar-refractivity contribution is 0.716. The highest BCUT2D eigenvalue weighted by atomic mass is 35.5. The van der Waals surface area contributed by atoms with Crippen molar-refractivity contribution in [2.45, 2.75) is 18.8 Å². The number of fused-ring (bicyclic) bond motifs is 1. The zero-order valence-corrected chi connectivity index (χ0v) is 10.8. The van der Waals surface area contributed by atoms with Gasteiger partial charge in [0.05, 0.1) is 17.8 Å². The second kappa shape index (κ2) is 4.94. The SMILES string of the molecule is ClCc1cncc(N2CCc3ccccc3C2)n1. The summed E-state index contributed by atoms with van der Waals surface area (Å²) in [4.78, 5) is 11.0. The summed E-state index contributed by atoms with van der Waals surface area (Å²) in [5.41, 5.74) is 3.64. The van der Waals surface area contributed by atoms with Crippen LogP contribution in [0.2, 0.25) is 0 Å². The van der Waals surface area contributed by atoms with Crippen LogP contribution in [0, 0.1) is 0 Å². The zero-order chi connectivity index (χ0) is 12.4. The van der Waals surface area contributed by atoms with Crippen molar-refractivity contribution in [2.75, 3.05) is 11.4 Å². The molecule has 92 valence electrons. The Morgan fingerprint density at radius 3 is 2.83 bits per heavy atom. The molecule has 0 atom stereocenters. The molecule has 0 bridgehead atoms. The number of nitrogens with zero attached hydrogens (tertiary/aromatic N) is 3. The van der Waals surface area contributed by atoms with Gasteiger partial charge in [-0.3, -0.25) is 4.98 Å². The Hall–Kier alpha value is -1.61. The largest absolute Gasteiger partial charge is 0.351 e. The summed E-state index contributed by atoms with van der Waals surface area (Å²) in [7, 11) is 0. The standard InChI is InChI=1S/C14H14ClN3/c15-7-13-8-16-9-14(17-13)18-6-5-11-3-1-2-4-12(11)10-18/h1-4,8-9H,5-7,10H2. The van der Waals surface area contributed by atoms with Crippen LogP contribution in [-0.4, -0.2) is 16.5 Å². The van der Waals surface area contributed by atoms with Crippen LogP contribution in [0.1, 0.15) is 16.8 Å². The maximum absolute atomic E-state index is 5.80. The number of anilines is 1. The number of hydrogen-bond donors (Lipinski definition) is 0. The maximum Gasteiger partial charge on any atom is 0.147 e. The molecule has 18 heavy (non-hydrogen) atoms. The van der Waals surface area contributed by atoms with Crippen LogP contribution in [0.25, 0.3) is 0 Å². The highest BCUT2D eigenvalue weighted by Gasteiger charge is 2.17. The lowest BCUT2D eigenvalue weighted by Crippen LogP contribution is -2.31. The van der Waals surface area contributed by atoms with Crippen molar-refractivity contribution in [3.8, 4) is 0 Å².